The number of nitro benzene ring substituents is 1. The number of hydrogen-bond donors (Lipinski definition) is 0. The number of non-ortho nitro benzene ring substituents is 1. The van der Waals surface area contributed by atoms with E-state index in [2.05, 4.69) is 4.98 Å². The Bertz CT molecular complexity index is 773. The van der Waals surface area contributed by atoms with Gasteiger partial charge in [-0.15, -0.1) is 0 Å². The van der Waals surface area contributed by atoms with Gasteiger partial charge in [-0.1, -0.05) is 12.1 Å². The summed E-state index contributed by atoms with van der Waals surface area (Å²) in [6, 6.07) is 8.12. The number of pyridine rings is 1. The van der Waals surface area contributed by atoms with E-state index >= 15 is 0 Å². The van der Waals surface area contributed by atoms with Crippen molar-refractivity contribution in [1.29, 1.82) is 0 Å². The molecule has 2 heterocycles. The van der Waals surface area contributed by atoms with Crippen LogP contribution in [0.2, 0.25) is 0 Å². The third-order valence-electron chi connectivity index (χ3n) is 3.41. The molecule has 23 heavy (non-hydrogen) atoms. The van der Waals surface area contributed by atoms with Gasteiger partial charge in [0.1, 0.15) is 23.5 Å². The maximum atomic E-state index is 11.0. The number of methoxy groups -OCH3 is 1. The fraction of sp³-hybridized carbons (Fsp3) is 0.188. The fourth-order valence-corrected chi connectivity index (χ4v) is 2.38. The first kappa shape index (κ1) is 14.8. The molecule has 0 spiro atoms. The van der Waals surface area contributed by atoms with Gasteiger partial charge in [-0.05, 0) is 6.07 Å². The zero-order valence-electron chi connectivity index (χ0n) is 12.4. The van der Waals surface area contributed by atoms with Gasteiger partial charge in [0, 0.05) is 35.9 Å². The number of benzene rings is 1. The lowest BCUT2D eigenvalue weighted by atomic mass is 10.0. The molecule has 7 heteroatoms. The van der Waals surface area contributed by atoms with Crippen LogP contribution in [0.5, 0.6) is 5.75 Å². The predicted octanol–water partition coefficient (Wildman–Crippen LogP) is 3.05. The summed E-state index contributed by atoms with van der Waals surface area (Å²) in [7, 11) is 1.54. The summed E-state index contributed by atoms with van der Waals surface area (Å²) in [5.74, 6) is 1.25. The Morgan fingerprint density at radius 2 is 2.26 bits per heavy atom. The molecule has 7 nitrogen and oxygen atoms in total. The first-order valence-corrected chi connectivity index (χ1v) is 6.89. The van der Waals surface area contributed by atoms with Crippen molar-refractivity contribution in [1.82, 2.24) is 4.98 Å². The molecule has 1 aromatic heterocycles. The number of ether oxygens (including phenoxy) is 3. The molecule has 118 valence electrons. The Balaban J connectivity index is 2.02. The van der Waals surface area contributed by atoms with Gasteiger partial charge in [-0.3, -0.25) is 15.1 Å². The van der Waals surface area contributed by atoms with E-state index in [0.29, 0.717) is 29.2 Å². The van der Waals surface area contributed by atoms with E-state index in [1.54, 1.807) is 31.7 Å². The molecule has 0 unspecified atom stereocenters. The molecule has 1 aliphatic rings. The molecule has 0 fully saturated rings. The van der Waals surface area contributed by atoms with Crippen LogP contribution in [0.3, 0.4) is 0 Å². The van der Waals surface area contributed by atoms with Gasteiger partial charge < -0.3 is 14.2 Å². The minimum atomic E-state index is -0.436. The van der Waals surface area contributed by atoms with Crippen LogP contribution in [-0.4, -0.2) is 23.8 Å². The summed E-state index contributed by atoms with van der Waals surface area (Å²) in [6.07, 6.45) is 3.70. The van der Waals surface area contributed by atoms with Gasteiger partial charge in [0.2, 0.25) is 6.79 Å². The second kappa shape index (κ2) is 6.35. The third kappa shape index (κ3) is 3.08. The van der Waals surface area contributed by atoms with Crippen molar-refractivity contribution in [3.63, 3.8) is 0 Å². The Labute approximate surface area is 132 Å². The number of nitrogens with zero attached hydrogens (tertiary/aromatic N) is 2. The van der Waals surface area contributed by atoms with Crippen LogP contribution in [0.25, 0.3) is 11.3 Å². The first-order valence-electron chi connectivity index (χ1n) is 6.89. The molecule has 0 amide bonds. The molecule has 0 N–H and O–H groups in total. The number of aromatic nitrogens is 1. The molecule has 0 bridgehead atoms. The zero-order chi connectivity index (χ0) is 16.2. The minimum absolute atomic E-state index is 0.00647. The van der Waals surface area contributed by atoms with Gasteiger partial charge in [-0.25, -0.2) is 0 Å². The monoisotopic (exact) mass is 314 g/mol. The van der Waals surface area contributed by atoms with E-state index in [9.17, 15) is 10.1 Å². The van der Waals surface area contributed by atoms with E-state index in [4.69, 9.17) is 14.2 Å². The highest BCUT2D eigenvalue weighted by Crippen LogP contribution is 2.34. The van der Waals surface area contributed by atoms with Crippen LogP contribution in [-0.2, 0) is 15.9 Å². The smallest absolute Gasteiger partial charge is 0.270 e. The molecule has 3 rings (SSSR count). The summed E-state index contributed by atoms with van der Waals surface area (Å²) in [4.78, 5) is 14.8. The average molecular weight is 314 g/mol. The van der Waals surface area contributed by atoms with Crippen LogP contribution in [0.4, 0.5) is 5.69 Å². The molecule has 0 radical (unpaired) electrons. The van der Waals surface area contributed by atoms with E-state index < -0.39 is 4.92 Å². The van der Waals surface area contributed by atoms with Crippen molar-refractivity contribution in [3.8, 4) is 17.0 Å². The average Bonchev–Trinajstić information content (AvgIpc) is 3.07. The molecule has 0 aliphatic carbocycles. The molecule has 0 atom stereocenters. The van der Waals surface area contributed by atoms with Crippen molar-refractivity contribution in [2.45, 2.75) is 6.42 Å². The lowest BCUT2D eigenvalue weighted by molar-refractivity contribution is -0.384. The van der Waals surface area contributed by atoms with Crippen molar-refractivity contribution in [2.24, 2.45) is 0 Å². The number of rotatable bonds is 5. The molecule has 0 saturated carbocycles. The minimum Gasteiger partial charge on any atom is -0.494 e. The summed E-state index contributed by atoms with van der Waals surface area (Å²) >= 11 is 0. The quantitative estimate of drug-likeness (QED) is 0.623. The first-order chi connectivity index (χ1) is 11.2. The van der Waals surface area contributed by atoms with Crippen molar-refractivity contribution in [2.75, 3.05) is 13.9 Å². The summed E-state index contributed by atoms with van der Waals surface area (Å²) in [5.41, 5.74) is 2.04. The van der Waals surface area contributed by atoms with Crippen LogP contribution in [0, 0.1) is 10.1 Å². The van der Waals surface area contributed by atoms with Crippen molar-refractivity contribution < 1.29 is 19.1 Å². The van der Waals surface area contributed by atoms with E-state index in [0.717, 1.165) is 5.56 Å². The van der Waals surface area contributed by atoms with Crippen LogP contribution < -0.4 is 4.74 Å². The standard InChI is InChI=1S/C16H14N2O5/c1-21-16-12(8-14-9-22-10-23-14)5-6-17-15(16)11-3-2-4-13(7-11)18(19)20/h2-7,9H,8,10H2,1H3. The Morgan fingerprint density at radius 1 is 1.39 bits per heavy atom. The molecular formula is C16H14N2O5. The molecule has 0 saturated heterocycles. The predicted molar refractivity (Wildman–Crippen MR) is 81.7 cm³/mol. The second-order valence-electron chi connectivity index (χ2n) is 4.85. The zero-order valence-corrected chi connectivity index (χ0v) is 12.4. The lowest BCUT2D eigenvalue weighted by Gasteiger charge is -2.12. The summed E-state index contributed by atoms with van der Waals surface area (Å²) in [5, 5.41) is 11.0. The highest BCUT2D eigenvalue weighted by Gasteiger charge is 2.17. The maximum Gasteiger partial charge on any atom is 0.270 e. The highest BCUT2D eigenvalue weighted by atomic mass is 16.7. The number of allylic oxidation sites excluding steroid dienone is 1. The number of nitro groups is 1. The second-order valence-corrected chi connectivity index (χ2v) is 4.85. The molecule has 1 aromatic carbocycles. The Hall–Kier alpha value is -3.09. The van der Waals surface area contributed by atoms with Crippen molar-refractivity contribution in [3.05, 3.63) is 64.2 Å². The largest absolute Gasteiger partial charge is 0.494 e. The molecule has 2 aromatic rings. The van der Waals surface area contributed by atoms with Gasteiger partial charge in [0.05, 0.1) is 12.0 Å². The lowest BCUT2D eigenvalue weighted by Crippen LogP contribution is -2.00. The number of hydrogen-bond acceptors (Lipinski definition) is 6. The molecule has 1 aliphatic heterocycles. The van der Waals surface area contributed by atoms with Gasteiger partial charge >= 0.3 is 0 Å². The van der Waals surface area contributed by atoms with Crippen LogP contribution in [0.15, 0.2) is 48.5 Å². The third-order valence-corrected chi connectivity index (χ3v) is 3.41. The van der Waals surface area contributed by atoms with Gasteiger partial charge in [0.25, 0.3) is 5.69 Å². The Kier molecular flexibility index (Phi) is 4.09. The van der Waals surface area contributed by atoms with Crippen LogP contribution >= 0.6 is 0 Å². The SMILES string of the molecule is COc1c(CC2=COCO2)ccnc1-c1cccc([N+](=O)[O-])c1. The van der Waals surface area contributed by atoms with E-state index in [1.807, 2.05) is 6.07 Å². The van der Waals surface area contributed by atoms with Gasteiger partial charge in [-0.2, -0.15) is 0 Å². The summed E-state index contributed by atoms with van der Waals surface area (Å²) in [6.45, 7) is 0.209. The van der Waals surface area contributed by atoms with E-state index in [1.165, 1.54) is 12.1 Å². The maximum absolute atomic E-state index is 11.0. The Morgan fingerprint density at radius 3 is 2.96 bits per heavy atom. The van der Waals surface area contributed by atoms with Gasteiger partial charge in [0.15, 0.2) is 0 Å². The van der Waals surface area contributed by atoms with Crippen LogP contribution in [0.1, 0.15) is 5.56 Å². The molecular weight excluding hydrogens is 300 g/mol. The van der Waals surface area contributed by atoms with Crippen molar-refractivity contribution >= 4 is 5.69 Å². The van der Waals surface area contributed by atoms with E-state index in [-0.39, 0.29) is 12.5 Å². The highest BCUT2D eigenvalue weighted by molar-refractivity contribution is 5.70. The summed E-state index contributed by atoms with van der Waals surface area (Å²) < 4.78 is 15.9. The topological polar surface area (TPSA) is 83.7 Å². The fourth-order valence-electron chi connectivity index (χ4n) is 2.38. The normalized spacial score (nSPS) is 13.0.